The van der Waals surface area contributed by atoms with Gasteiger partial charge in [0, 0.05) is 30.8 Å². The van der Waals surface area contributed by atoms with Crippen LogP contribution in [0.25, 0.3) is 0 Å². The van der Waals surface area contributed by atoms with E-state index in [9.17, 15) is 4.79 Å². The normalized spacial score (nSPS) is 10.4. The first kappa shape index (κ1) is 14.7. The lowest BCUT2D eigenvalue weighted by Gasteiger charge is -2.15. The third-order valence-corrected chi connectivity index (χ3v) is 4.01. The van der Waals surface area contributed by atoms with Crippen LogP contribution in [-0.4, -0.2) is 33.6 Å². The van der Waals surface area contributed by atoms with E-state index >= 15 is 0 Å². The van der Waals surface area contributed by atoms with Crippen LogP contribution in [0.5, 0.6) is 0 Å². The van der Waals surface area contributed by atoms with E-state index in [1.807, 2.05) is 25.2 Å². The Morgan fingerprint density at radius 1 is 1.35 bits per heavy atom. The van der Waals surface area contributed by atoms with Gasteiger partial charge in [0.2, 0.25) is 5.91 Å². The van der Waals surface area contributed by atoms with E-state index < -0.39 is 0 Å². The van der Waals surface area contributed by atoms with Crippen molar-refractivity contribution in [3.63, 3.8) is 0 Å². The number of amides is 1. The number of imidazole rings is 1. The molecular weight excluding hydrogens is 270 g/mol. The molecule has 1 aromatic carbocycles. The highest BCUT2D eigenvalue weighted by molar-refractivity contribution is 7.99. The quantitative estimate of drug-likeness (QED) is 0.630. The zero-order valence-corrected chi connectivity index (χ0v) is 12.4. The first-order chi connectivity index (χ1) is 9.75. The third-order valence-electron chi connectivity index (χ3n) is 2.91. The minimum Gasteiger partial charge on any atom is -0.347 e. The molecule has 1 amide bonds. The van der Waals surface area contributed by atoms with Crippen molar-refractivity contribution in [2.45, 2.75) is 24.3 Å². The molecule has 0 bridgehead atoms. The van der Waals surface area contributed by atoms with E-state index in [4.69, 9.17) is 0 Å². The summed E-state index contributed by atoms with van der Waals surface area (Å²) in [6.45, 7) is 0.539. The van der Waals surface area contributed by atoms with Crippen LogP contribution in [-0.2, 0) is 11.3 Å². The van der Waals surface area contributed by atoms with E-state index in [1.165, 1.54) is 4.90 Å². The third kappa shape index (κ3) is 4.74. The van der Waals surface area contributed by atoms with Gasteiger partial charge in [-0.3, -0.25) is 4.79 Å². The van der Waals surface area contributed by atoms with Crippen LogP contribution in [0.15, 0.2) is 47.6 Å². The van der Waals surface area contributed by atoms with Crippen molar-refractivity contribution in [3.8, 4) is 0 Å². The predicted octanol–water partition coefficient (Wildman–Crippen LogP) is 2.94. The number of nitrogens with one attached hydrogen (secondary N) is 1. The molecule has 0 radical (unpaired) electrons. The maximum atomic E-state index is 12.0. The molecule has 0 spiro atoms. The fraction of sp³-hybridized carbons (Fsp3) is 0.333. The van der Waals surface area contributed by atoms with Gasteiger partial charge in [-0.1, -0.05) is 18.2 Å². The Balaban J connectivity index is 1.65. The summed E-state index contributed by atoms with van der Waals surface area (Å²) in [6.07, 6.45) is 4.94. The fourth-order valence-corrected chi connectivity index (χ4v) is 2.69. The van der Waals surface area contributed by atoms with Crippen LogP contribution in [0.3, 0.4) is 0 Å². The molecule has 0 unspecified atom stereocenters. The minimum atomic E-state index is 0.162. The minimum absolute atomic E-state index is 0.162. The molecule has 4 nitrogen and oxygen atoms in total. The van der Waals surface area contributed by atoms with Gasteiger partial charge in [0.15, 0.2) is 0 Å². The molecule has 20 heavy (non-hydrogen) atoms. The average molecular weight is 289 g/mol. The predicted molar refractivity (Wildman–Crippen MR) is 81.5 cm³/mol. The monoisotopic (exact) mass is 289 g/mol. The van der Waals surface area contributed by atoms with Gasteiger partial charge in [-0.2, -0.15) is 0 Å². The van der Waals surface area contributed by atoms with Crippen molar-refractivity contribution in [1.82, 2.24) is 14.9 Å². The largest absolute Gasteiger partial charge is 0.347 e. The van der Waals surface area contributed by atoms with Crippen LogP contribution >= 0.6 is 11.8 Å². The van der Waals surface area contributed by atoms with Crippen LogP contribution < -0.4 is 0 Å². The number of carbonyl (C=O) groups is 1. The molecule has 0 fully saturated rings. The second-order valence-electron chi connectivity index (χ2n) is 4.55. The van der Waals surface area contributed by atoms with Gasteiger partial charge < -0.3 is 9.88 Å². The lowest BCUT2D eigenvalue weighted by Crippen LogP contribution is -2.26. The number of rotatable bonds is 7. The molecule has 0 aliphatic carbocycles. The average Bonchev–Trinajstić information content (AvgIpc) is 2.97. The molecule has 1 heterocycles. The van der Waals surface area contributed by atoms with Crippen LogP contribution in [0, 0.1) is 0 Å². The Morgan fingerprint density at radius 2 is 2.15 bits per heavy atom. The zero-order chi connectivity index (χ0) is 14.2. The van der Waals surface area contributed by atoms with E-state index in [0.717, 1.165) is 18.0 Å². The molecule has 0 aliphatic rings. The first-order valence-electron chi connectivity index (χ1n) is 6.66. The smallest absolute Gasteiger partial charge is 0.222 e. The molecule has 0 saturated heterocycles. The van der Waals surface area contributed by atoms with Gasteiger partial charge in [-0.05, 0) is 24.3 Å². The van der Waals surface area contributed by atoms with E-state index in [2.05, 4.69) is 22.1 Å². The highest BCUT2D eigenvalue weighted by Gasteiger charge is 2.09. The van der Waals surface area contributed by atoms with Crippen molar-refractivity contribution in [1.29, 1.82) is 0 Å². The maximum absolute atomic E-state index is 12.0. The number of hydrogen-bond donors (Lipinski definition) is 1. The molecule has 5 heteroatoms. The maximum Gasteiger partial charge on any atom is 0.222 e. The van der Waals surface area contributed by atoms with Gasteiger partial charge in [-0.15, -0.1) is 11.8 Å². The Labute approximate surface area is 123 Å². The second kappa shape index (κ2) is 7.75. The number of benzene rings is 1. The summed E-state index contributed by atoms with van der Waals surface area (Å²) < 4.78 is 0. The number of aromatic nitrogens is 2. The van der Waals surface area contributed by atoms with Gasteiger partial charge in [0.1, 0.15) is 5.82 Å². The number of nitrogens with zero attached hydrogens (tertiary/aromatic N) is 2. The Hall–Kier alpha value is -1.75. The Bertz CT molecular complexity index is 513. The molecule has 0 aliphatic heterocycles. The first-order valence-corrected chi connectivity index (χ1v) is 7.64. The number of hydrogen-bond acceptors (Lipinski definition) is 3. The molecule has 0 atom stereocenters. The van der Waals surface area contributed by atoms with Crippen molar-refractivity contribution in [2.75, 3.05) is 12.8 Å². The highest BCUT2D eigenvalue weighted by atomic mass is 32.2. The second-order valence-corrected chi connectivity index (χ2v) is 5.72. The lowest BCUT2D eigenvalue weighted by molar-refractivity contribution is -0.130. The molecule has 1 aromatic heterocycles. The summed E-state index contributed by atoms with van der Waals surface area (Å²) in [6, 6.07) is 10.3. The summed E-state index contributed by atoms with van der Waals surface area (Å²) in [5.74, 6) is 1.94. The Kier molecular flexibility index (Phi) is 5.68. The molecule has 106 valence electrons. The molecule has 2 aromatic rings. The molecular formula is C15H19N3OS. The fourth-order valence-electron chi connectivity index (χ4n) is 1.82. The van der Waals surface area contributed by atoms with Crippen molar-refractivity contribution in [2.24, 2.45) is 0 Å². The van der Waals surface area contributed by atoms with E-state index in [0.29, 0.717) is 13.0 Å². The van der Waals surface area contributed by atoms with Gasteiger partial charge >= 0.3 is 0 Å². The number of carbonyl (C=O) groups excluding carboxylic acids is 1. The van der Waals surface area contributed by atoms with Crippen LogP contribution in [0.1, 0.15) is 18.7 Å². The summed E-state index contributed by atoms with van der Waals surface area (Å²) in [7, 11) is 1.81. The van der Waals surface area contributed by atoms with Crippen molar-refractivity contribution < 1.29 is 4.79 Å². The van der Waals surface area contributed by atoms with Crippen molar-refractivity contribution >= 4 is 17.7 Å². The van der Waals surface area contributed by atoms with Crippen molar-refractivity contribution in [3.05, 3.63) is 48.5 Å². The van der Waals surface area contributed by atoms with Gasteiger partial charge in [0.05, 0.1) is 6.54 Å². The van der Waals surface area contributed by atoms with E-state index in [-0.39, 0.29) is 5.91 Å². The highest BCUT2D eigenvalue weighted by Crippen LogP contribution is 2.18. The standard InChI is InChI=1S/C15H19N3OS/c1-18(12-14-16-9-10-17-14)15(19)8-5-11-20-13-6-3-2-4-7-13/h2-4,6-7,9-10H,5,8,11-12H2,1H3,(H,16,17). The molecule has 2 rings (SSSR count). The number of H-pyrrole nitrogens is 1. The number of aromatic amines is 1. The summed E-state index contributed by atoms with van der Waals surface area (Å²) >= 11 is 1.79. The van der Waals surface area contributed by atoms with Crippen LogP contribution in [0.4, 0.5) is 0 Å². The zero-order valence-electron chi connectivity index (χ0n) is 11.6. The number of thioether (sulfide) groups is 1. The topological polar surface area (TPSA) is 49.0 Å². The van der Waals surface area contributed by atoms with Gasteiger partial charge in [-0.25, -0.2) is 4.98 Å². The lowest BCUT2D eigenvalue weighted by atomic mass is 10.3. The molecule has 0 saturated carbocycles. The summed E-state index contributed by atoms with van der Waals surface area (Å²) in [5.41, 5.74) is 0. The van der Waals surface area contributed by atoms with Crippen LogP contribution in [0.2, 0.25) is 0 Å². The Morgan fingerprint density at radius 3 is 2.85 bits per heavy atom. The summed E-state index contributed by atoms with van der Waals surface area (Å²) in [4.78, 5) is 22.0. The molecule has 1 N–H and O–H groups in total. The van der Waals surface area contributed by atoms with E-state index in [1.54, 1.807) is 29.1 Å². The van der Waals surface area contributed by atoms with Gasteiger partial charge in [0.25, 0.3) is 0 Å². The SMILES string of the molecule is CN(Cc1ncc[nH]1)C(=O)CCCSc1ccccc1. The summed E-state index contributed by atoms with van der Waals surface area (Å²) in [5, 5.41) is 0.